The first kappa shape index (κ1) is 43.6. The molecule has 344 valence electrons. The van der Waals surface area contributed by atoms with Crippen molar-refractivity contribution in [1.29, 1.82) is 0 Å². The van der Waals surface area contributed by atoms with Crippen molar-refractivity contribution >= 4 is 22.1 Å². The maximum absolute atomic E-state index is 13.8. The van der Waals surface area contributed by atoms with Gasteiger partial charge in [0.05, 0.1) is 17.1 Å². The van der Waals surface area contributed by atoms with Crippen molar-refractivity contribution in [1.82, 2.24) is 19.9 Å². The van der Waals surface area contributed by atoms with E-state index in [0.717, 1.165) is 111 Å². The monoisotopic (exact) mass is 918 g/mol. The lowest BCUT2D eigenvalue weighted by molar-refractivity contribution is 0.431. The maximum atomic E-state index is 13.8. The summed E-state index contributed by atoms with van der Waals surface area (Å²) in [5, 5.41) is 2.03. The minimum atomic E-state index is -0.249. The molecule has 12 rings (SSSR count). The van der Waals surface area contributed by atoms with Crippen LogP contribution in [-0.4, -0.2) is 19.9 Å². The molecule has 5 aromatic carbocycles. The summed E-state index contributed by atoms with van der Waals surface area (Å²) in [6.45, 7) is 1.98. The van der Waals surface area contributed by atoms with Crippen LogP contribution >= 0.6 is 0 Å². The quantitative estimate of drug-likeness (QED) is 0.129. The standard InChI is InChI=1S/C63H52F2N4O/c1-41-13-25-55-54-11-8-12-56(60(54)70-61(55)69-41)59-26-18-46(38-66-59)52-9-2-3-10-53(52)47-34-42(36-62(29-4-5-30-62)48-19-27-57(67-39-48)44-14-21-50(64)22-15-44)33-43(35-47)37-63(31-6-7-32-63)49-20-28-58(68-40-49)45-16-23-51(65)24-17-45/h2-3,8-28,33-35,38-40H,4-7,29-32,36-37H2,1H3. The molecule has 70 heavy (non-hydrogen) atoms. The smallest absolute Gasteiger partial charge is 0.227 e. The number of hydrogen-bond donors (Lipinski definition) is 0. The van der Waals surface area contributed by atoms with Gasteiger partial charge < -0.3 is 4.42 Å². The SMILES string of the molecule is Cc1ccc2c(n1)oc1c(-c3ccc(-c4ccccc4-c4cc(CC5(c6ccc(-c7ccc(F)cc7)nc6)CCCC5)cc(CC5(c6ccc(-c7ccc(F)cc7)nc6)CCCC5)c4)cn3)cccc12. The van der Waals surface area contributed by atoms with Gasteiger partial charge in [0.15, 0.2) is 0 Å². The molecule has 5 heterocycles. The van der Waals surface area contributed by atoms with E-state index in [4.69, 9.17) is 19.4 Å². The summed E-state index contributed by atoms with van der Waals surface area (Å²) >= 11 is 0. The molecule has 0 atom stereocenters. The van der Waals surface area contributed by atoms with E-state index in [-0.39, 0.29) is 22.5 Å². The number of aryl methyl sites for hydroxylation is 1. The van der Waals surface area contributed by atoms with Crippen LogP contribution in [0.1, 0.15) is 79.3 Å². The zero-order valence-electron chi connectivity index (χ0n) is 39.3. The van der Waals surface area contributed by atoms with Crippen molar-refractivity contribution in [3.8, 4) is 56.0 Å². The van der Waals surface area contributed by atoms with Gasteiger partial charge in [0, 0.05) is 68.1 Å². The van der Waals surface area contributed by atoms with E-state index < -0.39 is 0 Å². The highest BCUT2D eigenvalue weighted by Gasteiger charge is 2.38. The van der Waals surface area contributed by atoms with Crippen molar-refractivity contribution in [2.75, 3.05) is 0 Å². The normalized spacial score (nSPS) is 15.2. The van der Waals surface area contributed by atoms with Crippen LogP contribution < -0.4 is 0 Å². The fourth-order valence-electron chi connectivity index (χ4n) is 11.8. The second kappa shape index (κ2) is 18.0. The molecule has 0 aliphatic heterocycles. The van der Waals surface area contributed by atoms with Crippen LogP contribution in [-0.2, 0) is 23.7 Å². The Labute approximate surface area is 407 Å². The predicted octanol–water partition coefficient (Wildman–Crippen LogP) is 16.2. The molecule has 0 unspecified atom stereocenters. The fraction of sp³-hybridized carbons (Fsp3) is 0.206. The molecule has 2 aliphatic carbocycles. The third-order valence-electron chi connectivity index (χ3n) is 15.4. The van der Waals surface area contributed by atoms with E-state index in [1.165, 1.54) is 77.8 Å². The maximum Gasteiger partial charge on any atom is 0.227 e. The van der Waals surface area contributed by atoms with E-state index in [0.29, 0.717) is 5.71 Å². The van der Waals surface area contributed by atoms with E-state index >= 15 is 0 Å². The van der Waals surface area contributed by atoms with Gasteiger partial charge in [-0.15, -0.1) is 0 Å². The van der Waals surface area contributed by atoms with Crippen LogP contribution in [0.2, 0.25) is 0 Å². The first-order chi connectivity index (χ1) is 34.3. The molecule has 5 aromatic heterocycles. The van der Waals surface area contributed by atoms with Gasteiger partial charge in [0.25, 0.3) is 0 Å². The highest BCUT2D eigenvalue weighted by molar-refractivity contribution is 6.08. The molecule has 0 bridgehead atoms. The molecule has 0 radical (unpaired) electrons. The summed E-state index contributed by atoms with van der Waals surface area (Å²) in [6, 6.07) is 52.6. The number of furan rings is 1. The van der Waals surface area contributed by atoms with Crippen molar-refractivity contribution in [3.63, 3.8) is 0 Å². The number of nitrogens with zero attached hydrogens (tertiary/aromatic N) is 4. The fourth-order valence-corrected chi connectivity index (χ4v) is 11.8. The van der Waals surface area contributed by atoms with Crippen LogP contribution in [0, 0.1) is 18.6 Å². The summed E-state index contributed by atoms with van der Waals surface area (Å²) in [7, 11) is 0. The Bertz CT molecular complexity index is 3370. The van der Waals surface area contributed by atoms with Crippen LogP contribution in [0.3, 0.4) is 0 Å². The highest BCUT2D eigenvalue weighted by atomic mass is 19.1. The van der Waals surface area contributed by atoms with Gasteiger partial charge in [0.2, 0.25) is 5.71 Å². The number of benzene rings is 5. The molecule has 5 nitrogen and oxygen atoms in total. The summed E-state index contributed by atoms with van der Waals surface area (Å²) in [4.78, 5) is 19.7. The van der Waals surface area contributed by atoms with E-state index in [9.17, 15) is 8.78 Å². The number of pyridine rings is 4. The second-order valence-electron chi connectivity index (χ2n) is 19.8. The largest absolute Gasteiger partial charge is 0.437 e. The molecule has 0 spiro atoms. The molecular weight excluding hydrogens is 867 g/mol. The van der Waals surface area contributed by atoms with Crippen molar-refractivity contribution in [2.24, 2.45) is 0 Å². The molecule has 10 aromatic rings. The Morgan fingerprint density at radius 2 is 0.971 bits per heavy atom. The Hall–Kier alpha value is -7.64. The molecule has 7 heteroatoms. The Morgan fingerprint density at radius 3 is 1.50 bits per heavy atom. The number of fused-ring (bicyclic) bond motifs is 3. The number of rotatable bonds is 11. The number of para-hydroxylation sites is 1. The lowest BCUT2D eigenvalue weighted by Crippen LogP contribution is -2.27. The van der Waals surface area contributed by atoms with Crippen molar-refractivity contribution in [2.45, 2.75) is 82.0 Å². The zero-order valence-corrected chi connectivity index (χ0v) is 39.3. The van der Waals surface area contributed by atoms with Crippen LogP contribution in [0.25, 0.3) is 78.1 Å². The average Bonchev–Trinajstić information content (AvgIpc) is 4.17. The number of aromatic nitrogens is 4. The molecule has 0 N–H and O–H groups in total. The Balaban J connectivity index is 0.927. The molecule has 0 amide bonds. The van der Waals surface area contributed by atoms with Crippen molar-refractivity contribution < 1.29 is 13.2 Å². The van der Waals surface area contributed by atoms with Crippen LogP contribution in [0.4, 0.5) is 8.78 Å². The van der Waals surface area contributed by atoms with E-state index in [2.05, 4.69) is 121 Å². The minimum Gasteiger partial charge on any atom is -0.437 e. The van der Waals surface area contributed by atoms with Gasteiger partial charge in [0.1, 0.15) is 17.2 Å². The molecule has 2 aliphatic rings. The van der Waals surface area contributed by atoms with Gasteiger partial charge in [-0.25, -0.2) is 13.8 Å². The second-order valence-corrected chi connectivity index (χ2v) is 19.8. The molecule has 2 fully saturated rings. The third-order valence-corrected chi connectivity index (χ3v) is 15.4. The van der Waals surface area contributed by atoms with Gasteiger partial charge in [-0.1, -0.05) is 98.5 Å². The first-order valence-corrected chi connectivity index (χ1v) is 24.7. The number of halogens is 2. The lowest BCUT2D eigenvalue weighted by atomic mass is 9.72. The van der Waals surface area contributed by atoms with Crippen molar-refractivity contribution in [3.05, 3.63) is 216 Å². The Kier molecular flexibility index (Phi) is 11.2. The Morgan fingerprint density at radius 1 is 0.457 bits per heavy atom. The van der Waals surface area contributed by atoms with Gasteiger partial charge in [-0.2, -0.15) is 0 Å². The van der Waals surface area contributed by atoms with Gasteiger partial charge >= 0.3 is 0 Å². The third kappa shape index (κ3) is 8.27. The van der Waals surface area contributed by atoms with Crippen LogP contribution in [0.15, 0.2) is 181 Å². The molecule has 0 saturated heterocycles. The minimum absolute atomic E-state index is 0.0633. The number of hydrogen-bond acceptors (Lipinski definition) is 5. The summed E-state index contributed by atoms with van der Waals surface area (Å²) < 4.78 is 34.0. The van der Waals surface area contributed by atoms with Crippen LogP contribution in [0.5, 0.6) is 0 Å². The van der Waals surface area contributed by atoms with E-state index in [1.807, 2.05) is 19.2 Å². The summed E-state index contributed by atoms with van der Waals surface area (Å²) in [5.74, 6) is -0.499. The summed E-state index contributed by atoms with van der Waals surface area (Å²) in [6.07, 6.45) is 17.0. The zero-order chi connectivity index (χ0) is 47.2. The molecule has 2 saturated carbocycles. The lowest BCUT2D eigenvalue weighted by Gasteiger charge is -2.32. The highest BCUT2D eigenvalue weighted by Crippen LogP contribution is 2.47. The molecular formula is C63H52F2N4O. The average molecular weight is 919 g/mol. The first-order valence-electron chi connectivity index (χ1n) is 24.7. The van der Waals surface area contributed by atoms with Gasteiger partial charge in [-0.3, -0.25) is 15.0 Å². The predicted molar refractivity (Wildman–Crippen MR) is 277 cm³/mol. The van der Waals surface area contributed by atoms with Gasteiger partial charge in [-0.05, 0) is 169 Å². The topological polar surface area (TPSA) is 64.7 Å². The summed E-state index contributed by atoms with van der Waals surface area (Å²) in [5.41, 5.74) is 17.2. The van der Waals surface area contributed by atoms with E-state index in [1.54, 1.807) is 24.3 Å².